The number of nitriles is 1. The van der Waals surface area contributed by atoms with Crippen molar-refractivity contribution in [2.24, 2.45) is 0 Å². The molecule has 20 heavy (non-hydrogen) atoms. The lowest BCUT2D eigenvalue weighted by molar-refractivity contribution is 0.0535. The third kappa shape index (κ3) is 5.41. The number of amides is 1. The van der Waals surface area contributed by atoms with Crippen LogP contribution in [0.15, 0.2) is 18.2 Å². The maximum atomic E-state index is 13.4. The summed E-state index contributed by atoms with van der Waals surface area (Å²) in [7, 11) is 0. The van der Waals surface area contributed by atoms with Gasteiger partial charge in [-0.2, -0.15) is 5.26 Å². The molecule has 1 rings (SSSR count). The van der Waals surface area contributed by atoms with E-state index >= 15 is 0 Å². The summed E-state index contributed by atoms with van der Waals surface area (Å²) in [5, 5.41) is 11.1. The molecule has 1 aromatic rings. The second kappa shape index (κ2) is 6.58. The molecule has 0 aromatic heterocycles. The van der Waals surface area contributed by atoms with Crippen molar-refractivity contribution in [3.63, 3.8) is 0 Å². The molecule has 4 nitrogen and oxygen atoms in total. The summed E-state index contributed by atoms with van der Waals surface area (Å²) < 4.78 is 18.4. The van der Waals surface area contributed by atoms with Gasteiger partial charge in [-0.25, -0.2) is 9.18 Å². The van der Waals surface area contributed by atoms with Crippen molar-refractivity contribution in [3.8, 4) is 17.9 Å². The summed E-state index contributed by atoms with van der Waals surface area (Å²) in [5.41, 5.74) is -0.129. The summed E-state index contributed by atoms with van der Waals surface area (Å²) in [4.78, 5) is 11.3. The third-order valence-electron chi connectivity index (χ3n) is 2.04. The molecule has 0 bridgehead atoms. The Hall–Kier alpha value is -2.53. The average molecular weight is 274 g/mol. The molecule has 5 heteroatoms. The fourth-order valence-electron chi connectivity index (χ4n) is 1.26. The van der Waals surface area contributed by atoms with Gasteiger partial charge in [0.05, 0.1) is 23.7 Å². The summed E-state index contributed by atoms with van der Waals surface area (Å²) in [6, 6.07) is 5.82. The minimum absolute atomic E-state index is 0.0329. The molecule has 0 fully saturated rings. The van der Waals surface area contributed by atoms with Crippen LogP contribution in [0.4, 0.5) is 9.18 Å². The van der Waals surface area contributed by atoms with Gasteiger partial charge >= 0.3 is 6.09 Å². The van der Waals surface area contributed by atoms with E-state index in [4.69, 9.17) is 10.00 Å². The Morgan fingerprint density at radius 1 is 1.45 bits per heavy atom. The van der Waals surface area contributed by atoms with Gasteiger partial charge in [0.25, 0.3) is 0 Å². The average Bonchev–Trinajstić information content (AvgIpc) is 2.34. The highest BCUT2D eigenvalue weighted by atomic mass is 19.1. The number of hydrogen-bond donors (Lipinski definition) is 1. The van der Waals surface area contributed by atoms with Gasteiger partial charge in [0.1, 0.15) is 11.4 Å². The van der Waals surface area contributed by atoms with Gasteiger partial charge in [-0.15, -0.1) is 0 Å². The summed E-state index contributed by atoms with van der Waals surface area (Å²) >= 11 is 0. The van der Waals surface area contributed by atoms with Crippen LogP contribution in [0.5, 0.6) is 0 Å². The zero-order valence-corrected chi connectivity index (χ0v) is 11.6. The number of carbonyl (C=O) groups excluding carboxylic acids is 1. The topological polar surface area (TPSA) is 62.1 Å². The van der Waals surface area contributed by atoms with Crippen LogP contribution >= 0.6 is 0 Å². The second-order valence-electron chi connectivity index (χ2n) is 4.96. The van der Waals surface area contributed by atoms with Crippen LogP contribution in [-0.4, -0.2) is 18.2 Å². The van der Waals surface area contributed by atoms with Gasteiger partial charge in [-0.1, -0.05) is 11.8 Å². The quantitative estimate of drug-likeness (QED) is 0.801. The molecule has 104 valence electrons. The zero-order valence-electron chi connectivity index (χ0n) is 11.6. The monoisotopic (exact) mass is 274 g/mol. The molecule has 1 N–H and O–H groups in total. The first-order chi connectivity index (χ1) is 9.31. The predicted octanol–water partition coefficient (Wildman–Crippen LogP) is 2.57. The largest absolute Gasteiger partial charge is 0.444 e. The first-order valence-corrected chi connectivity index (χ1v) is 5.97. The van der Waals surface area contributed by atoms with Crippen LogP contribution in [0, 0.1) is 29.0 Å². The number of benzene rings is 1. The Labute approximate surface area is 117 Å². The molecule has 0 radical (unpaired) electrons. The lowest BCUT2D eigenvalue weighted by atomic mass is 10.1. The predicted molar refractivity (Wildman–Crippen MR) is 72.2 cm³/mol. The number of hydrogen-bond acceptors (Lipinski definition) is 3. The number of nitrogens with zero attached hydrogens (tertiary/aromatic N) is 1. The number of ether oxygens (including phenoxy) is 1. The molecule has 0 unspecified atom stereocenters. The maximum Gasteiger partial charge on any atom is 0.408 e. The van der Waals surface area contributed by atoms with E-state index in [1.165, 1.54) is 18.2 Å². The minimum Gasteiger partial charge on any atom is -0.444 e. The highest BCUT2D eigenvalue weighted by molar-refractivity contribution is 5.68. The highest BCUT2D eigenvalue weighted by Gasteiger charge is 2.14. The number of rotatable bonds is 1. The van der Waals surface area contributed by atoms with Crippen LogP contribution in [0.1, 0.15) is 31.9 Å². The fourth-order valence-corrected chi connectivity index (χ4v) is 1.26. The smallest absolute Gasteiger partial charge is 0.408 e. The van der Waals surface area contributed by atoms with Crippen LogP contribution in [0.3, 0.4) is 0 Å². The normalized spacial score (nSPS) is 9.95. The van der Waals surface area contributed by atoms with Crippen molar-refractivity contribution < 1.29 is 13.9 Å². The minimum atomic E-state index is -0.585. The molecular formula is C15H15FN2O2. The van der Waals surface area contributed by atoms with Crippen molar-refractivity contribution >= 4 is 6.09 Å². The fraction of sp³-hybridized carbons (Fsp3) is 0.333. The molecule has 1 aromatic carbocycles. The van der Waals surface area contributed by atoms with Crippen LogP contribution < -0.4 is 5.32 Å². The molecule has 0 saturated heterocycles. The van der Waals surface area contributed by atoms with E-state index in [2.05, 4.69) is 17.2 Å². The van der Waals surface area contributed by atoms with E-state index in [9.17, 15) is 9.18 Å². The molecule has 0 atom stereocenters. The third-order valence-corrected chi connectivity index (χ3v) is 2.04. The van der Waals surface area contributed by atoms with Gasteiger partial charge in [-0.05, 0) is 39.0 Å². The molecule has 0 aliphatic carbocycles. The molecule has 0 heterocycles. The number of alkyl carbamates (subject to hydrolysis) is 1. The van der Waals surface area contributed by atoms with E-state index in [-0.39, 0.29) is 12.1 Å². The van der Waals surface area contributed by atoms with E-state index in [0.29, 0.717) is 5.56 Å². The molecule has 0 saturated carbocycles. The molecular weight excluding hydrogens is 259 g/mol. The van der Waals surface area contributed by atoms with E-state index in [1.54, 1.807) is 20.8 Å². The van der Waals surface area contributed by atoms with Crippen molar-refractivity contribution in [3.05, 3.63) is 35.1 Å². The van der Waals surface area contributed by atoms with Crippen LogP contribution in [0.2, 0.25) is 0 Å². The van der Waals surface area contributed by atoms with Crippen LogP contribution in [-0.2, 0) is 4.74 Å². The summed E-state index contributed by atoms with van der Waals surface area (Å²) in [6.45, 7) is 5.29. The van der Waals surface area contributed by atoms with E-state index in [0.717, 1.165) is 0 Å². The van der Waals surface area contributed by atoms with Gasteiger partial charge in [-0.3, -0.25) is 0 Å². The Balaban J connectivity index is 2.60. The molecule has 0 spiro atoms. The lowest BCUT2D eigenvalue weighted by Gasteiger charge is -2.18. The summed E-state index contributed by atoms with van der Waals surface area (Å²) in [5.74, 6) is 4.65. The SMILES string of the molecule is CC(C)(C)OC(=O)NCC#Cc1cc(C#N)ccc1F. The first kappa shape index (κ1) is 15.5. The van der Waals surface area contributed by atoms with Gasteiger partial charge in [0.2, 0.25) is 0 Å². The van der Waals surface area contributed by atoms with Crippen molar-refractivity contribution in [1.82, 2.24) is 5.32 Å². The standard InChI is InChI=1S/C15H15FN2O2/c1-15(2,3)20-14(19)18-8-4-5-12-9-11(10-17)6-7-13(12)16/h6-7,9H,8H2,1-3H3,(H,18,19). The Morgan fingerprint density at radius 2 is 2.15 bits per heavy atom. The number of carbonyl (C=O) groups is 1. The lowest BCUT2D eigenvalue weighted by Crippen LogP contribution is -2.32. The summed E-state index contributed by atoms with van der Waals surface area (Å²) in [6.07, 6.45) is -0.585. The zero-order chi connectivity index (χ0) is 15.2. The highest BCUT2D eigenvalue weighted by Crippen LogP contribution is 2.08. The maximum absolute atomic E-state index is 13.4. The molecule has 0 aliphatic heterocycles. The van der Waals surface area contributed by atoms with Crippen LogP contribution in [0.25, 0.3) is 0 Å². The first-order valence-electron chi connectivity index (χ1n) is 5.97. The Bertz CT molecular complexity index is 601. The number of halogens is 1. The van der Waals surface area contributed by atoms with Crippen molar-refractivity contribution in [2.45, 2.75) is 26.4 Å². The van der Waals surface area contributed by atoms with Gasteiger partial charge in [0.15, 0.2) is 0 Å². The Morgan fingerprint density at radius 3 is 2.75 bits per heavy atom. The van der Waals surface area contributed by atoms with Gasteiger partial charge < -0.3 is 10.1 Å². The molecule has 1 amide bonds. The van der Waals surface area contributed by atoms with E-state index in [1.807, 2.05) is 6.07 Å². The van der Waals surface area contributed by atoms with Crippen molar-refractivity contribution in [1.29, 1.82) is 5.26 Å². The number of nitrogens with one attached hydrogen (secondary N) is 1. The van der Waals surface area contributed by atoms with Gasteiger partial charge in [0, 0.05) is 0 Å². The Kier molecular flexibility index (Phi) is 5.11. The van der Waals surface area contributed by atoms with Crippen molar-refractivity contribution in [2.75, 3.05) is 6.54 Å². The molecule has 0 aliphatic rings. The second-order valence-corrected chi connectivity index (χ2v) is 4.96. The van der Waals surface area contributed by atoms with E-state index < -0.39 is 17.5 Å².